The van der Waals surface area contributed by atoms with E-state index in [0.29, 0.717) is 6.42 Å². The molecule has 0 saturated carbocycles. The van der Waals surface area contributed by atoms with Crippen molar-refractivity contribution in [1.82, 2.24) is 0 Å². The first-order valence-electron chi connectivity index (χ1n) is 6.19. The summed E-state index contributed by atoms with van der Waals surface area (Å²) in [7, 11) is 0. The lowest BCUT2D eigenvalue weighted by Crippen LogP contribution is -2.43. The van der Waals surface area contributed by atoms with Crippen molar-refractivity contribution >= 4 is 0 Å². The lowest BCUT2D eigenvalue weighted by Gasteiger charge is -2.29. The summed E-state index contributed by atoms with van der Waals surface area (Å²) in [5.74, 6) is -4.83. The molecule has 1 nitrogen and oxygen atoms in total. The molecule has 0 aliphatic rings. The van der Waals surface area contributed by atoms with E-state index in [1.165, 1.54) is 0 Å². The predicted octanol–water partition coefficient (Wildman–Crippen LogP) is 4.69. The third-order valence-electron chi connectivity index (χ3n) is 2.84. The summed E-state index contributed by atoms with van der Waals surface area (Å²) in [6.45, 7) is 3.05. The molecule has 0 aliphatic heterocycles. The van der Waals surface area contributed by atoms with E-state index in [2.05, 4.69) is 0 Å². The molecular weight excluding hydrogens is 255 g/mol. The summed E-state index contributed by atoms with van der Waals surface area (Å²) in [4.78, 5) is 0. The van der Waals surface area contributed by atoms with Gasteiger partial charge in [0.05, 0.1) is 5.60 Å². The normalized spacial score (nSPS) is 16.7. The van der Waals surface area contributed by atoms with E-state index in [9.17, 15) is 27.1 Å². The Balaban J connectivity index is 4.14. The second-order valence-electron chi connectivity index (χ2n) is 5.04. The average Bonchev–Trinajstić information content (AvgIpc) is 2.13. The Morgan fingerprint density at radius 2 is 1.39 bits per heavy atom. The van der Waals surface area contributed by atoms with Gasteiger partial charge in [-0.2, -0.15) is 22.0 Å². The third kappa shape index (κ3) is 6.52. The smallest absolute Gasteiger partial charge is 0.390 e. The Labute approximate surface area is 104 Å². The summed E-state index contributed by atoms with van der Waals surface area (Å²) in [6, 6.07) is 0. The molecule has 1 unspecified atom stereocenters. The molecule has 0 spiro atoms. The monoisotopic (exact) mass is 276 g/mol. The Hall–Kier alpha value is -0.390. The van der Waals surface area contributed by atoms with Crippen molar-refractivity contribution in [2.75, 3.05) is 0 Å². The maximum Gasteiger partial charge on any atom is 0.453 e. The molecule has 0 aromatic rings. The zero-order chi connectivity index (χ0) is 14.4. The molecule has 0 aromatic carbocycles. The third-order valence-corrected chi connectivity index (χ3v) is 2.84. The van der Waals surface area contributed by atoms with Crippen molar-refractivity contribution in [2.24, 2.45) is 0 Å². The second-order valence-corrected chi connectivity index (χ2v) is 5.04. The van der Waals surface area contributed by atoms with Gasteiger partial charge in [0.25, 0.3) is 0 Å². The maximum absolute atomic E-state index is 12.8. The zero-order valence-corrected chi connectivity index (χ0v) is 10.8. The highest BCUT2D eigenvalue weighted by atomic mass is 19.4. The Bertz CT molecular complexity index is 235. The highest BCUT2D eigenvalue weighted by molar-refractivity contribution is 4.86. The van der Waals surface area contributed by atoms with E-state index in [4.69, 9.17) is 0 Å². The van der Waals surface area contributed by atoms with Crippen molar-refractivity contribution in [3.8, 4) is 0 Å². The van der Waals surface area contributed by atoms with Gasteiger partial charge in [0.15, 0.2) is 0 Å². The lowest BCUT2D eigenvalue weighted by atomic mass is 9.91. The molecule has 0 aromatic heterocycles. The van der Waals surface area contributed by atoms with Gasteiger partial charge in [-0.15, -0.1) is 0 Å². The van der Waals surface area contributed by atoms with Crippen molar-refractivity contribution in [1.29, 1.82) is 0 Å². The molecule has 110 valence electrons. The van der Waals surface area contributed by atoms with Crippen molar-refractivity contribution < 1.29 is 27.1 Å². The van der Waals surface area contributed by atoms with Crippen LogP contribution in [-0.2, 0) is 0 Å². The Morgan fingerprint density at radius 3 is 1.83 bits per heavy atom. The molecule has 0 fully saturated rings. The fraction of sp³-hybridized carbons (Fsp3) is 1.00. The van der Waals surface area contributed by atoms with Crippen LogP contribution in [0.1, 0.15) is 58.8 Å². The molecule has 1 atom stereocenters. The number of hydrogen-bond acceptors (Lipinski definition) is 1. The first-order chi connectivity index (χ1) is 8.02. The van der Waals surface area contributed by atoms with Crippen molar-refractivity contribution in [3.63, 3.8) is 0 Å². The molecule has 1 N–H and O–H groups in total. The van der Waals surface area contributed by atoms with Gasteiger partial charge in [-0.05, 0) is 13.3 Å². The minimum atomic E-state index is -5.60. The molecule has 0 bridgehead atoms. The molecule has 6 heteroatoms. The predicted molar refractivity (Wildman–Crippen MR) is 59.6 cm³/mol. The van der Waals surface area contributed by atoms with Crippen LogP contribution in [-0.4, -0.2) is 22.8 Å². The van der Waals surface area contributed by atoms with Crippen LogP contribution in [0.15, 0.2) is 0 Å². The Morgan fingerprint density at radius 1 is 0.889 bits per heavy atom. The van der Waals surface area contributed by atoms with Gasteiger partial charge in [0.2, 0.25) is 0 Å². The fourth-order valence-corrected chi connectivity index (χ4v) is 1.78. The van der Waals surface area contributed by atoms with Gasteiger partial charge in [0.1, 0.15) is 0 Å². The summed E-state index contributed by atoms with van der Waals surface area (Å²) in [5.41, 5.74) is -1.98. The summed E-state index contributed by atoms with van der Waals surface area (Å²) >= 11 is 0. The van der Waals surface area contributed by atoms with Crippen molar-refractivity contribution in [2.45, 2.75) is 76.5 Å². The Kier molecular flexibility index (Phi) is 6.54. The maximum atomic E-state index is 12.8. The van der Waals surface area contributed by atoms with Gasteiger partial charge >= 0.3 is 12.1 Å². The van der Waals surface area contributed by atoms with E-state index in [1.807, 2.05) is 6.92 Å². The van der Waals surface area contributed by atoms with Crippen LogP contribution in [0, 0.1) is 0 Å². The number of aliphatic hydroxyl groups is 1. The van der Waals surface area contributed by atoms with Crippen LogP contribution in [0.3, 0.4) is 0 Å². The highest BCUT2D eigenvalue weighted by Crippen LogP contribution is 2.42. The van der Waals surface area contributed by atoms with Gasteiger partial charge in [-0.1, -0.05) is 39.0 Å². The first kappa shape index (κ1) is 17.6. The number of alkyl halides is 5. The van der Waals surface area contributed by atoms with Crippen LogP contribution in [0.5, 0.6) is 0 Å². The van der Waals surface area contributed by atoms with Gasteiger partial charge in [0, 0.05) is 6.42 Å². The van der Waals surface area contributed by atoms with E-state index in [0.717, 1.165) is 32.6 Å². The van der Waals surface area contributed by atoms with Gasteiger partial charge in [-0.25, -0.2) is 0 Å². The molecule has 0 rings (SSSR count). The number of unbranched alkanes of at least 4 members (excludes halogenated alkanes) is 4. The lowest BCUT2D eigenvalue weighted by molar-refractivity contribution is -0.296. The van der Waals surface area contributed by atoms with Crippen LogP contribution in [0.4, 0.5) is 22.0 Å². The molecule has 18 heavy (non-hydrogen) atoms. The minimum Gasteiger partial charge on any atom is -0.390 e. The van der Waals surface area contributed by atoms with Crippen molar-refractivity contribution in [3.05, 3.63) is 0 Å². The quantitative estimate of drug-likeness (QED) is 0.504. The van der Waals surface area contributed by atoms with Crippen LogP contribution < -0.4 is 0 Å². The topological polar surface area (TPSA) is 20.2 Å². The average molecular weight is 276 g/mol. The molecule has 0 amide bonds. The molecule has 0 saturated heterocycles. The van der Waals surface area contributed by atoms with E-state index < -0.39 is 24.1 Å². The van der Waals surface area contributed by atoms with E-state index in [-0.39, 0.29) is 6.42 Å². The van der Waals surface area contributed by atoms with Crippen LogP contribution in [0.2, 0.25) is 0 Å². The van der Waals surface area contributed by atoms with E-state index >= 15 is 0 Å². The van der Waals surface area contributed by atoms with Gasteiger partial charge in [-0.3, -0.25) is 0 Å². The number of rotatable bonds is 8. The summed E-state index contributed by atoms with van der Waals surface area (Å²) in [6.07, 6.45) is -3.09. The number of hydrogen-bond donors (Lipinski definition) is 1. The molecular formula is C12H21F5O. The van der Waals surface area contributed by atoms with Gasteiger partial charge < -0.3 is 5.11 Å². The van der Waals surface area contributed by atoms with Crippen LogP contribution >= 0.6 is 0 Å². The van der Waals surface area contributed by atoms with E-state index in [1.54, 1.807) is 0 Å². The second kappa shape index (κ2) is 6.68. The highest BCUT2D eigenvalue weighted by Gasteiger charge is 2.59. The molecule has 0 heterocycles. The summed E-state index contributed by atoms with van der Waals surface area (Å²) in [5, 5.41) is 9.59. The van der Waals surface area contributed by atoms with Crippen LogP contribution in [0.25, 0.3) is 0 Å². The standard InChI is InChI=1S/C12H21F5O/c1-3-4-5-6-7-8-10(2,18)9-11(13,14)12(15,16)17/h18H,3-9H2,1-2H3. The SMILES string of the molecule is CCCCCCCC(C)(O)CC(F)(F)C(F)(F)F. The first-order valence-corrected chi connectivity index (χ1v) is 6.19. The number of halogens is 5. The minimum absolute atomic E-state index is 0.0393. The summed E-state index contributed by atoms with van der Waals surface area (Å²) < 4.78 is 61.5. The molecule has 0 radical (unpaired) electrons. The zero-order valence-electron chi connectivity index (χ0n) is 10.8. The molecule has 0 aliphatic carbocycles. The fourth-order valence-electron chi connectivity index (χ4n) is 1.78. The largest absolute Gasteiger partial charge is 0.453 e.